The lowest BCUT2D eigenvalue weighted by Crippen LogP contribution is -2.37. The van der Waals surface area contributed by atoms with E-state index >= 15 is 0 Å². The summed E-state index contributed by atoms with van der Waals surface area (Å²) in [6.45, 7) is 0. The van der Waals surface area contributed by atoms with Crippen molar-refractivity contribution in [1.82, 2.24) is 5.32 Å². The van der Waals surface area contributed by atoms with Gasteiger partial charge in [0.05, 0.1) is 12.1 Å². The summed E-state index contributed by atoms with van der Waals surface area (Å²) >= 11 is 0. The van der Waals surface area contributed by atoms with Gasteiger partial charge in [0.25, 0.3) is 5.91 Å². The van der Waals surface area contributed by atoms with Crippen LogP contribution in [0.4, 0.5) is 8.78 Å². The number of alkyl halides is 2. The van der Waals surface area contributed by atoms with Crippen LogP contribution in [0.5, 0.6) is 0 Å². The topological polar surface area (TPSA) is 49.3 Å². The molecule has 1 aliphatic carbocycles. The lowest BCUT2D eigenvalue weighted by atomic mass is 10.1. The largest absolute Gasteiger partial charge is 0.390 e. The summed E-state index contributed by atoms with van der Waals surface area (Å²) < 4.78 is 24.2. The van der Waals surface area contributed by atoms with E-state index in [-0.39, 0.29) is 0 Å². The number of rotatable bonds is 2. The van der Waals surface area contributed by atoms with Crippen molar-refractivity contribution in [1.29, 1.82) is 0 Å². The molecular weight excluding hydrogens is 216 g/mol. The highest BCUT2D eigenvalue weighted by atomic mass is 19.3. The average Bonchev–Trinajstić information content (AvgIpc) is 2.55. The predicted octanol–water partition coefficient (Wildman–Crippen LogP) is 1.03. The number of benzene rings is 1. The van der Waals surface area contributed by atoms with Crippen LogP contribution in [0.15, 0.2) is 24.3 Å². The van der Waals surface area contributed by atoms with Gasteiger partial charge in [-0.3, -0.25) is 4.79 Å². The van der Waals surface area contributed by atoms with Crippen molar-refractivity contribution >= 4 is 5.91 Å². The number of aliphatic hydroxyl groups is 1. The number of amides is 1. The first-order valence-corrected chi connectivity index (χ1v) is 4.94. The Bertz CT molecular complexity index is 409. The van der Waals surface area contributed by atoms with Crippen LogP contribution < -0.4 is 5.32 Å². The third-order valence-electron chi connectivity index (χ3n) is 2.70. The third-order valence-corrected chi connectivity index (χ3v) is 2.70. The van der Waals surface area contributed by atoms with Crippen LogP contribution in [0.1, 0.15) is 17.2 Å². The highest BCUT2D eigenvalue weighted by Gasteiger charge is 2.33. The fourth-order valence-corrected chi connectivity index (χ4v) is 1.96. The first-order valence-electron chi connectivity index (χ1n) is 4.94. The van der Waals surface area contributed by atoms with Crippen molar-refractivity contribution in [3.05, 3.63) is 35.4 Å². The number of halogens is 2. The molecule has 0 fully saturated rings. The highest BCUT2D eigenvalue weighted by Crippen LogP contribution is 2.31. The van der Waals surface area contributed by atoms with E-state index in [1.165, 1.54) is 0 Å². The van der Waals surface area contributed by atoms with E-state index in [1.807, 2.05) is 12.1 Å². The molecule has 1 aromatic carbocycles. The molecule has 0 aromatic heterocycles. The minimum absolute atomic E-state index is 0.379. The van der Waals surface area contributed by atoms with Gasteiger partial charge in [-0.1, -0.05) is 24.3 Å². The zero-order valence-corrected chi connectivity index (χ0v) is 8.36. The third kappa shape index (κ3) is 1.90. The van der Waals surface area contributed by atoms with Gasteiger partial charge >= 0.3 is 6.43 Å². The quantitative estimate of drug-likeness (QED) is 0.792. The van der Waals surface area contributed by atoms with E-state index in [9.17, 15) is 18.7 Å². The minimum atomic E-state index is -3.06. The second-order valence-corrected chi connectivity index (χ2v) is 3.76. The van der Waals surface area contributed by atoms with Crippen LogP contribution in [-0.2, 0) is 11.2 Å². The van der Waals surface area contributed by atoms with Gasteiger partial charge in [0, 0.05) is 6.42 Å². The molecule has 1 amide bonds. The zero-order valence-electron chi connectivity index (χ0n) is 8.36. The second-order valence-electron chi connectivity index (χ2n) is 3.76. The van der Waals surface area contributed by atoms with E-state index in [0.717, 1.165) is 5.56 Å². The Morgan fingerprint density at radius 2 is 2.12 bits per heavy atom. The summed E-state index contributed by atoms with van der Waals surface area (Å²) in [6.07, 6.45) is -3.51. The van der Waals surface area contributed by atoms with Crippen molar-refractivity contribution in [3.63, 3.8) is 0 Å². The summed E-state index contributed by atoms with van der Waals surface area (Å²) in [5.41, 5.74) is 1.60. The van der Waals surface area contributed by atoms with Crippen LogP contribution in [0, 0.1) is 0 Å². The first-order chi connectivity index (χ1) is 7.59. The molecule has 0 unspecified atom stereocenters. The number of aliphatic hydroxyl groups excluding tert-OH is 1. The first kappa shape index (κ1) is 11.0. The number of nitrogens with one attached hydrogen (secondary N) is 1. The fourth-order valence-electron chi connectivity index (χ4n) is 1.96. The number of hydrogen-bond acceptors (Lipinski definition) is 2. The molecule has 0 heterocycles. The molecule has 0 bridgehead atoms. The molecule has 2 atom stereocenters. The van der Waals surface area contributed by atoms with Crippen molar-refractivity contribution in [2.45, 2.75) is 25.0 Å². The van der Waals surface area contributed by atoms with Crippen LogP contribution in [0.25, 0.3) is 0 Å². The van der Waals surface area contributed by atoms with E-state index in [1.54, 1.807) is 12.1 Å². The van der Waals surface area contributed by atoms with Crippen molar-refractivity contribution in [3.8, 4) is 0 Å². The molecular formula is C11H11F2NO2. The maximum absolute atomic E-state index is 12.1. The van der Waals surface area contributed by atoms with Crippen molar-refractivity contribution in [2.24, 2.45) is 0 Å². The lowest BCUT2D eigenvalue weighted by Gasteiger charge is -2.17. The Balaban J connectivity index is 2.19. The van der Waals surface area contributed by atoms with Crippen LogP contribution in [-0.4, -0.2) is 23.5 Å². The Labute approximate surface area is 91.1 Å². The summed E-state index contributed by atoms with van der Waals surface area (Å²) in [6, 6.07) is 6.37. The molecule has 3 nitrogen and oxygen atoms in total. The molecule has 0 spiro atoms. The smallest absolute Gasteiger partial charge is 0.315 e. The van der Waals surface area contributed by atoms with E-state index in [2.05, 4.69) is 5.32 Å². The van der Waals surface area contributed by atoms with Gasteiger partial charge in [0.15, 0.2) is 0 Å². The fraction of sp³-hybridized carbons (Fsp3) is 0.364. The second kappa shape index (κ2) is 4.17. The molecule has 2 N–H and O–H groups in total. The Morgan fingerprint density at radius 3 is 2.81 bits per heavy atom. The Hall–Kier alpha value is -1.49. The normalized spacial score (nSPS) is 23.2. The Kier molecular flexibility index (Phi) is 2.87. The van der Waals surface area contributed by atoms with Crippen molar-refractivity contribution in [2.75, 3.05) is 0 Å². The molecule has 1 aliphatic rings. The summed E-state index contributed by atoms with van der Waals surface area (Å²) in [7, 11) is 0. The Morgan fingerprint density at radius 1 is 1.44 bits per heavy atom. The molecule has 86 valence electrons. The van der Waals surface area contributed by atoms with Gasteiger partial charge in [-0.2, -0.15) is 8.78 Å². The number of hydrogen-bond donors (Lipinski definition) is 2. The molecule has 2 rings (SSSR count). The maximum Gasteiger partial charge on any atom is 0.315 e. The predicted molar refractivity (Wildman–Crippen MR) is 53.0 cm³/mol. The van der Waals surface area contributed by atoms with Crippen LogP contribution in [0.2, 0.25) is 0 Å². The summed E-state index contributed by atoms with van der Waals surface area (Å²) in [4.78, 5) is 10.9. The van der Waals surface area contributed by atoms with Crippen LogP contribution >= 0.6 is 0 Å². The van der Waals surface area contributed by atoms with Gasteiger partial charge < -0.3 is 10.4 Å². The minimum Gasteiger partial charge on any atom is -0.390 e. The monoisotopic (exact) mass is 227 g/mol. The maximum atomic E-state index is 12.1. The number of carbonyl (C=O) groups is 1. The van der Waals surface area contributed by atoms with E-state index < -0.39 is 24.5 Å². The molecule has 5 heteroatoms. The highest BCUT2D eigenvalue weighted by molar-refractivity contribution is 5.79. The summed E-state index contributed by atoms with van der Waals surface area (Å²) in [5, 5.41) is 11.8. The zero-order chi connectivity index (χ0) is 11.7. The lowest BCUT2D eigenvalue weighted by molar-refractivity contribution is -0.133. The summed E-state index contributed by atoms with van der Waals surface area (Å²) in [5.74, 6) is -1.35. The molecule has 1 aromatic rings. The van der Waals surface area contributed by atoms with Gasteiger partial charge in [-0.15, -0.1) is 0 Å². The SMILES string of the molecule is O=C(N[C@@H]1c2ccccc2C[C@@H]1O)C(F)F. The molecule has 0 aliphatic heterocycles. The molecule has 0 saturated carbocycles. The van der Waals surface area contributed by atoms with Gasteiger partial charge in [0.2, 0.25) is 0 Å². The van der Waals surface area contributed by atoms with Crippen molar-refractivity contribution < 1.29 is 18.7 Å². The van der Waals surface area contributed by atoms with Crippen LogP contribution in [0.3, 0.4) is 0 Å². The average molecular weight is 227 g/mol. The van der Waals surface area contributed by atoms with Gasteiger partial charge in [-0.25, -0.2) is 0 Å². The molecule has 16 heavy (non-hydrogen) atoms. The number of carbonyl (C=O) groups excluding carboxylic acids is 1. The standard InChI is InChI=1S/C11H11F2NO2/c12-10(13)11(16)14-9-7-4-2-1-3-6(7)5-8(9)15/h1-4,8-10,15H,5H2,(H,14,16)/t8-,9+/m0/s1. The van der Waals surface area contributed by atoms with Gasteiger partial charge in [-0.05, 0) is 11.1 Å². The van der Waals surface area contributed by atoms with E-state index in [4.69, 9.17) is 0 Å². The number of fused-ring (bicyclic) bond motifs is 1. The van der Waals surface area contributed by atoms with E-state index in [0.29, 0.717) is 12.0 Å². The molecule has 0 saturated heterocycles. The van der Waals surface area contributed by atoms with Gasteiger partial charge in [0.1, 0.15) is 0 Å². The molecule has 0 radical (unpaired) electrons.